The molecule has 1 aliphatic heterocycles. The Balaban J connectivity index is 1.50. The van der Waals surface area contributed by atoms with E-state index >= 15 is 0 Å². The van der Waals surface area contributed by atoms with Crippen molar-refractivity contribution in [3.63, 3.8) is 0 Å². The number of carbonyl (C=O) groups is 2. The highest BCUT2D eigenvalue weighted by Gasteiger charge is 2.28. The highest BCUT2D eigenvalue weighted by atomic mass is 16.2. The smallest absolute Gasteiger partial charge is 0.321 e. The molecule has 1 heterocycles. The second-order valence-corrected chi connectivity index (χ2v) is 6.59. The van der Waals surface area contributed by atoms with Gasteiger partial charge in [-0.15, -0.1) is 0 Å². The average molecular weight is 327 g/mol. The van der Waals surface area contributed by atoms with E-state index in [0.717, 1.165) is 30.5 Å². The fraction of sp³-hybridized carbons (Fsp3) is 0.474. The average Bonchev–Trinajstić information content (AvgIpc) is 2.62. The minimum Gasteiger partial charge on any atom is -0.339 e. The minimum atomic E-state index is -0.0895. The standard InChI is InChI=1S/C19H25N3O2/c1-15-6-5-9-17(14-15)20-19(24)22-12-10-21(11-13-22)18(23)16-7-3-2-4-8-16/h2-3,5-6,9,14,16H,4,7-8,10-13H2,1H3,(H,20,24)/t16-/m1/s1. The first-order valence-electron chi connectivity index (χ1n) is 8.70. The van der Waals surface area contributed by atoms with Crippen LogP contribution in [-0.2, 0) is 4.79 Å². The summed E-state index contributed by atoms with van der Waals surface area (Å²) in [5.74, 6) is 0.376. The van der Waals surface area contributed by atoms with E-state index in [1.165, 1.54) is 0 Å². The van der Waals surface area contributed by atoms with Crippen LogP contribution in [0.4, 0.5) is 10.5 Å². The lowest BCUT2D eigenvalue weighted by atomic mass is 9.93. The summed E-state index contributed by atoms with van der Waals surface area (Å²) < 4.78 is 0. The summed E-state index contributed by atoms with van der Waals surface area (Å²) >= 11 is 0. The Kier molecular flexibility index (Phi) is 5.18. The van der Waals surface area contributed by atoms with Gasteiger partial charge in [-0.05, 0) is 43.9 Å². The van der Waals surface area contributed by atoms with E-state index in [-0.39, 0.29) is 17.9 Å². The zero-order valence-electron chi connectivity index (χ0n) is 14.2. The Hall–Kier alpha value is -2.30. The fourth-order valence-electron chi connectivity index (χ4n) is 3.33. The zero-order chi connectivity index (χ0) is 16.9. The van der Waals surface area contributed by atoms with E-state index in [2.05, 4.69) is 17.5 Å². The summed E-state index contributed by atoms with van der Waals surface area (Å²) in [5, 5.41) is 2.93. The van der Waals surface area contributed by atoms with Gasteiger partial charge in [-0.3, -0.25) is 4.79 Å². The maximum absolute atomic E-state index is 12.5. The molecule has 1 fully saturated rings. The monoisotopic (exact) mass is 327 g/mol. The Morgan fingerprint density at radius 3 is 2.50 bits per heavy atom. The molecule has 5 heteroatoms. The first kappa shape index (κ1) is 16.6. The lowest BCUT2D eigenvalue weighted by Gasteiger charge is -2.36. The van der Waals surface area contributed by atoms with Gasteiger partial charge in [0.25, 0.3) is 0 Å². The van der Waals surface area contributed by atoms with Crippen molar-refractivity contribution >= 4 is 17.6 Å². The third-order valence-corrected chi connectivity index (χ3v) is 4.77. The van der Waals surface area contributed by atoms with Crippen LogP contribution in [0.15, 0.2) is 36.4 Å². The van der Waals surface area contributed by atoms with Crippen molar-refractivity contribution in [3.8, 4) is 0 Å². The Labute approximate surface area is 143 Å². The molecule has 24 heavy (non-hydrogen) atoms. The van der Waals surface area contributed by atoms with Crippen LogP contribution in [0.1, 0.15) is 24.8 Å². The van der Waals surface area contributed by atoms with Gasteiger partial charge < -0.3 is 15.1 Å². The lowest BCUT2D eigenvalue weighted by molar-refractivity contribution is -0.137. The van der Waals surface area contributed by atoms with Crippen LogP contribution in [0.25, 0.3) is 0 Å². The summed E-state index contributed by atoms with van der Waals surface area (Å²) in [7, 11) is 0. The third kappa shape index (κ3) is 3.96. The lowest BCUT2D eigenvalue weighted by Crippen LogP contribution is -2.53. The molecule has 0 spiro atoms. The molecule has 3 amide bonds. The van der Waals surface area contributed by atoms with E-state index in [1.54, 1.807) is 4.90 Å². The van der Waals surface area contributed by atoms with Crippen LogP contribution in [0.2, 0.25) is 0 Å². The Bertz CT molecular complexity index is 633. The van der Waals surface area contributed by atoms with Gasteiger partial charge >= 0.3 is 6.03 Å². The quantitative estimate of drug-likeness (QED) is 0.849. The van der Waals surface area contributed by atoms with E-state index in [0.29, 0.717) is 26.2 Å². The number of carbonyl (C=O) groups excluding carboxylic acids is 2. The number of aryl methyl sites for hydroxylation is 1. The van der Waals surface area contributed by atoms with Gasteiger partial charge in [0.05, 0.1) is 0 Å². The van der Waals surface area contributed by atoms with Gasteiger partial charge in [-0.25, -0.2) is 4.79 Å². The number of nitrogens with one attached hydrogen (secondary N) is 1. The van der Waals surface area contributed by atoms with Crippen molar-refractivity contribution in [1.82, 2.24) is 9.80 Å². The molecule has 0 bridgehead atoms. The topological polar surface area (TPSA) is 52.7 Å². The number of nitrogens with zero attached hydrogens (tertiary/aromatic N) is 2. The zero-order valence-corrected chi connectivity index (χ0v) is 14.2. The first-order valence-corrected chi connectivity index (χ1v) is 8.70. The summed E-state index contributed by atoms with van der Waals surface area (Å²) in [4.78, 5) is 28.6. The predicted octanol–water partition coefficient (Wildman–Crippen LogP) is 3.03. The summed E-state index contributed by atoms with van der Waals surface area (Å²) in [5.41, 5.74) is 1.93. The van der Waals surface area contributed by atoms with Crippen LogP contribution in [0.3, 0.4) is 0 Å². The molecule has 1 aliphatic carbocycles. The first-order chi connectivity index (χ1) is 11.6. The molecule has 1 aromatic rings. The van der Waals surface area contributed by atoms with Crippen molar-refractivity contribution in [2.24, 2.45) is 5.92 Å². The van der Waals surface area contributed by atoms with Crippen molar-refractivity contribution in [2.75, 3.05) is 31.5 Å². The third-order valence-electron chi connectivity index (χ3n) is 4.77. The molecule has 128 valence electrons. The van der Waals surface area contributed by atoms with Gasteiger partial charge in [-0.1, -0.05) is 24.3 Å². The Morgan fingerprint density at radius 2 is 1.83 bits per heavy atom. The number of hydrogen-bond donors (Lipinski definition) is 1. The van der Waals surface area contributed by atoms with E-state index in [9.17, 15) is 9.59 Å². The van der Waals surface area contributed by atoms with Gasteiger partial charge in [-0.2, -0.15) is 0 Å². The van der Waals surface area contributed by atoms with E-state index < -0.39 is 0 Å². The second-order valence-electron chi connectivity index (χ2n) is 6.59. The number of urea groups is 1. The number of hydrogen-bond acceptors (Lipinski definition) is 2. The summed E-state index contributed by atoms with van der Waals surface area (Å²) in [6.07, 6.45) is 7.06. The van der Waals surface area contributed by atoms with E-state index in [1.807, 2.05) is 36.1 Å². The number of allylic oxidation sites excluding steroid dienone is 2. The number of piperazine rings is 1. The molecule has 5 nitrogen and oxygen atoms in total. The molecule has 0 radical (unpaired) electrons. The van der Waals surface area contributed by atoms with Gasteiger partial charge in [0.1, 0.15) is 0 Å². The largest absolute Gasteiger partial charge is 0.339 e. The van der Waals surface area contributed by atoms with Crippen LogP contribution < -0.4 is 5.32 Å². The fourth-order valence-corrected chi connectivity index (χ4v) is 3.33. The molecule has 1 atom stereocenters. The van der Waals surface area contributed by atoms with Gasteiger partial charge in [0.2, 0.25) is 5.91 Å². The van der Waals surface area contributed by atoms with Crippen molar-refractivity contribution < 1.29 is 9.59 Å². The molecular formula is C19H25N3O2. The number of amides is 3. The molecule has 1 aromatic carbocycles. The predicted molar refractivity (Wildman–Crippen MR) is 94.8 cm³/mol. The summed E-state index contributed by atoms with van der Waals surface area (Å²) in [6.45, 7) is 4.43. The van der Waals surface area contributed by atoms with Crippen molar-refractivity contribution in [3.05, 3.63) is 42.0 Å². The molecule has 1 N–H and O–H groups in total. The van der Waals surface area contributed by atoms with Gasteiger partial charge in [0.15, 0.2) is 0 Å². The van der Waals surface area contributed by atoms with Crippen LogP contribution in [0.5, 0.6) is 0 Å². The summed E-state index contributed by atoms with van der Waals surface area (Å²) in [6, 6.07) is 7.68. The minimum absolute atomic E-state index is 0.0895. The molecule has 0 saturated carbocycles. The normalized spacial score (nSPS) is 20.8. The molecule has 3 rings (SSSR count). The highest BCUT2D eigenvalue weighted by molar-refractivity contribution is 5.89. The van der Waals surface area contributed by atoms with Crippen molar-refractivity contribution in [1.29, 1.82) is 0 Å². The van der Waals surface area contributed by atoms with Crippen LogP contribution >= 0.6 is 0 Å². The number of anilines is 1. The van der Waals surface area contributed by atoms with Crippen LogP contribution in [-0.4, -0.2) is 47.9 Å². The molecular weight excluding hydrogens is 302 g/mol. The molecule has 0 aromatic heterocycles. The maximum atomic E-state index is 12.5. The molecule has 0 unspecified atom stereocenters. The van der Waals surface area contributed by atoms with E-state index in [4.69, 9.17) is 0 Å². The maximum Gasteiger partial charge on any atom is 0.321 e. The molecule has 1 saturated heterocycles. The van der Waals surface area contributed by atoms with Gasteiger partial charge in [0, 0.05) is 37.8 Å². The number of benzene rings is 1. The molecule has 2 aliphatic rings. The Morgan fingerprint density at radius 1 is 1.08 bits per heavy atom. The second kappa shape index (κ2) is 7.51. The highest BCUT2D eigenvalue weighted by Crippen LogP contribution is 2.21. The van der Waals surface area contributed by atoms with Crippen LogP contribution in [0, 0.1) is 12.8 Å². The SMILES string of the molecule is Cc1cccc(NC(=O)N2CCN(C(=O)[C@@H]3CC=CCC3)CC2)c1. The number of rotatable bonds is 2. The van der Waals surface area contributed by atoms with Crippen molar-refractivity contribution in [2.45, 2.75) is 26.2 Å².